The zero-order chi connectivity index (χ0) is 18.5. The van der Waals surface area contributed by atoms with Gasteiger partial charge in [0.2, 0.25) is 0 Å². The number of rotatable bonds is 6. The number of aromatic nitrogens is 1. The number of fused-ring (bicyclic) bond motifs is 1. The molecule has 0 aliphatic rings. The number of aryl methyl sites for hydroxylation is 1. The van der Waals surface area contributed by atoms with Crippen LogP contribution < -0.4 is 9.47 Å². The third-order valence-electron chi connectivity index (χ3n) is 4.05. The van der Waals surface area contributed by atoms with Crippen LogP contribution in [-0.4, -0.2) is 24.5 Å². The van der Waals surface area contributed by atoms with Crippen molar-refractivity contribution in [3.05, 3.63) is 65.4 Å². The number of ketones is 1. The van der Waals surface area contributed by atoms with Crippen LogP contribution in [-0.2, 0) is 0 Å². The van der Waals surface area contributed by atoms with Gasteiger partial charge in [-0.15, -0.1) is 0 Å². The highest BCUT2D eigenvalue weighted by Gasteiger charge is 2.13. The summed E-state index contributed by atoms with van der Waals surface area (Å²) in [7, 11) is 1.53. The van der Waals surface area contributed by atoms with E-state index in [0.717, 1.165) is 22.2 Å². The number of hydrogen-bond acceptors (Lipinski definition) is 4. The van der Waals surface area contributed by atoms with Gasteiger partial charge in [-0.2, -0.15) is 5.26 Å². The van der Waals surface area contributed by atoms with Crippen molar-refractivity contribution in [2.75, 3.05) is 13.7 Å². The zero-order valence-electron chi connectivity index (χ0n) is 14.6. The van der Waals surface area contributed by atoms with Crippen molar-refractivity contribution in [3.8, 4) is 17.6 Å². The monoisotopic (exact) mass is 346 g/mol. The van der Waals surface area contributed by atoms with Crippen LogP contribution in [0.2, 0.25) is 0 Å². The maximum Gasteiger partial charge on any atom is 0.188 e. The quantitative estimate of drug-likeness (QED) is 0.534. The lowest BCUT2D eigenvalue weighted by molar-refractivity contribution is 0.104. The molecule has 0 radical (unpaired) electrons. The van der Waals surface area contributed by atoms with Crippen LogP contribution in [0.5, 0.6) is 11.5 Å². The van der Waals surface area contributed by atoms with E-state index in [0.29, 0.717) is 17.1 Å². The van der Waals surface area contributed by atoms with Gasteiger partial charge in [0.1, 0.15) is 6.07 Å². The summed E-state index contributed by atoms with van der Waals surface area (Å²) in [5.41, 5.74) is 3.27. The molecule has 26 heavy (non-hydrogen) atoms. The Labute approximate surface area is 151 Å². The summed E-state index contributed by atoms with van der Waals surface area (Å²) < 4.78 is 10.6. The number of methoxy groups -OCH3 is 1. The molecule has 0 aliphatic heterocycles. The van der Waals surface area contributed by atoms with E-state index in [-0.39, 0.29) is 12.4 Å². The molecule has 1 heterocycles. The van der Waals surface area contributed by atoms with Crippen LogP contribution in [0.25, 0.3) is 17.0 Å². The first kappa shape index (κ1) is 17.3. The van der Waals surface area contributed by atoms with Gasteiger partial charge < -0.3 is 14.5 Å². The topological polar surface area (TPSA) is 75.1 Å². The van der Waals surface area contributed by atoms with Gasteiger partial charge in [0, 0.05) is 16.6 Å². The summed E-state index contributed by atoms with van der Waals surface area (Å²) >= 11 is 0. The molecule has 130 valence electrons. The van der Waals surface area contributed by atoms with E-state index in [9.17, 15) is 4.79 Å². The third kappa shape index (κ3) is 3.45. The number of allylic oxidation sites excluding steroid dienone is 1. The van der Waals surface area contributed by atoms with Gasteiger partial charge in [0.05, 0.1) is 12.7 Å². The van der Waals surface area contributed by atoms with Crippen LogP contribution in [0.4, 0.5) is 0 Å². The van der Waals surface area contributed by atoms with Gasteiger partial charge in [0.25, 0.3) is 0 Å². The first-order chi connectivity index (χ1) is 12.6. The molecule has 3 rings (SSSR count). The molecule has 0 bridgehead atoms. The fourth-order valence-corrected chi connectivity index (χ4v) is 2.87. The highest BCUT2D eigenvalue weighted by Crippen LogP contribution is 2.29. The normalized spacial score (nSPS) is 10.8. The average molecular weight is 346 g/mol. The number of H-pyrrole nitrogens is 1. The van der Waals surface area contributed by atoms with E-state index in [1.165, 1.54) is 7.11 Å². The summed E-state index contributed by atoms with van der Waals surface area (Å²) in [6.45, 7) is 1.84. The summed E-state index contributed by atoms with van der Waals surface area (Å²) in [6, 6.07) is 14.9. The highest BCUT2D eigenvalue weighted by atomic mass is 16.5. The largest absolute Gasteiger partial charge is 0.493 e. The zero-order valence-corrected chi connectivity index (χ0v) is 14.6. The molecule has 0 atom stereocenters. The first-order valence-electron chi connectivity index (χ1n) is 8.11. The molecule has 5 nitrogen and oxygen atoms in total. The molecule has 0 spiro atoms. The van der Waals surface area contributed by atoms with Crippen LogP contribution in [0, 0.1) is 18.3 Å². The Hall–Kier alpha value is -3.52. The summed E-state index contributed by atoms with van der Waals surface area (Å²) in [4.78, 5) is 15.9. The van der Waals surface area contributed by atoms with Gasteiger partial charge in [-0.1, -0.05) is 30.3 Å². The van der Waals surface area contributed by atoms with Crippen LogP contribution in [0.15, 0.2) is 48.5 Å². The van der Waals surface area contributed by atoms with Crippen LogP contribution in [0.1, 0.15) is 21.6 Å². The molecule has 0 aliphatic carbocycles. The molecule has 5 heteroatoms. The van der Waals surface area contributed by atoms with E-state index in [2.05, 4.69) is 4.98 Å². The average Bonchev–Trinajstić information content (AvgIpc) is 3.00. The number of carbonyl (C=O) groups excluding carboxylic acids is 1. The molecule has 0 saturated heterocycles. The van der Waals surface area contributed by atoms with Crippen molar-refractivity contribution in [2.45, 2.75) is 6.92 Å². The number of ether oxygens (including phenoxy) is 2. The molecular formula is C21H18N2O3. The Morgan fingerprint density at radius 3 is 2.81 bits per heavy atom. The van der Waals surface area contributed by atoms with Crippen LogP contribution in [0.3, 0.4) is 0 Å². The number of para-hydroxylation sites is 1. The van der Waals surface area contributed by atoms with Crippen molar-refractivity contribution in [2.24, 2.45) is 0 Å². The lowest BCUT2D eigenvalue weighted by Crippen LogP contribution is -1.97. The summed E-state index contributed by atoms with van der Waals surface area (Å²) in [6.07, 6.45) is 3.29. The number of nitrogens with zero attached hydrogens (tertiary/aromatic N) is 1. The Balaban J connectivity index is 1.86. The Kier molecular flexibility index (Phi) is 5.04. The fraction of sp³-hybridized carbons (Fsp3) is 0.143. The van der Waals surface area contributed by atoms with Gasteiger partial charge in [-0.3, -0.25) is 4.79 Å². The maximum atomic E-state index is 12.7. The highest BCUT2D eigenvalue weighted by molar-refractivity contribution is 6.15. The fourth-order valence-electron chi connectivity index (χ4n) is 2.87. The van der Waals surface area contributed by atoms with Crippen molar-refractivity contribution in [3.63, 3.8) is 0 Å². The first-order valence-corrected chi connectivity index (χ1v) is 8.11. The Bertz CT molecular complexity index is 1030. The molecule has 1 N–H and O–H groups in total. The number of aromatic amines is 1. The SMILES string of the molecule is COc1cc(/C=C/C(=O)c2c(C)[nH]c3ccccc23)ccc1OCC#N. The predicted molar refractivity (Wildman–Crippen MR) is 101 cm³/mol. The number of nitriles is 1. The number of nitrogens with one attached hydrogen (secondary N) is 1. The van der Waals surface area contributed by atoms with Gasteiger partial charge >= 0.3 is 0 Å². The molecule has 0 amide bonds. The standard InChI is InChI=1S/C21H18N2O3/c1-14-21(16-5-3-4-6-17(16)23-14)18(24)9-7-15-8-10-19(26-12-11-22)20(13-15)25-2/h3-10,13,23H,12H2,1-2H3/b9-7+. The molecular weight excluding hydrogens is 328 g/mol. The second-order valence-electron chi connectivity index (χ2n) is 5.73. The maximum absolute atomic E-state index is 12.7. The van der Waals surface area contributed by atoms with Crippen molar-refractivity contribution < 1.29 is 14.3 Å². The lowest BCUT2D eigenvalue weighted by atomic mass is 10.1. The smallest absolute Gasteiger partial charge is 0.188 e. The second-order valence-corrected chi connectivity index (χ2v) is 5.73. The Morgan fingerprint density at radius 1 is 1.23 bits per heavy atom. The molecule has 0 fully saturated rings. The molecule has 0 unspecified atom stereocenters. The van der Waals surface area contributed by atoms with E-state index in [1.54, 1.807) is 30.4 Å². The minimum Gasteiger partial charge on any atom is -0.493 e. The number of benzene rings is 2. The van der Waals surface area contributed by atoms with E-state index >= 15 is 0 Å². The molecule has 1 aromatic heterocycles. The molecule has 0 saturated carbocycles. The van der Waals surface area contributed by atoms with Gasteiger partial charge in [-0.25, -0.2) is 0 Å². The number of carbonyl (C=O) groups is 1. The van der Waals surface area contributed by atoms with Gasteiger partial charge in [0.15, 0.2) is 23.9 Å². The van der Waals surface area contributed by atoms with E-state index < -0.39 is 0 Å². The van der Waals surface area contributed by atoms with E-state index in [1.807, 2.05) is 37.3 Å². The van der Waals surface area contributed by atoms with Crippen LogP contribution >= 0.6 is 0 Å². The van der Waals surface area contributed by atoms with Crippen molar-refractivity contribution in [1.82, 2.24) is 4.98 Å². The Morgan fingerprint density at radius 2 is 2.04 bits per heavy atom. The summed E-state index contributed by atoms with van der Waals surface area (Å²) in [5, 5.41) is 9.53. The lowest BCUT2D eigenvalue weighted by Gasteiger charge is -2.08. The third-order valence-corrected chi connectivity index (χ3v) is 4.05. The second kappa shape index (κ2) is 7.58. The minimum atomic E-state index is -0.0660. The minimum absolute atomic E-state index is 0.0517. The predicted octanol–water partition coefficient (Wildman–Crippen LogP) is 4.28. The van der Waals surface area contributed by atoms with Crippen molar-refractivity contribution in [1.29, 1.82) is 5.26 Å². The summed E-state index contributed by atoms with van der Waals surface area (Å²) in [5.74, 6) is 0.937. The van der Waals surface area contributed by atoms with Crippen molar-refractivity contribution >= 4 is 22.8 Å². The number of hydrogen-bond donors (Lipinski definition) is 1. The van der Waals surface area contributed by atoms with E-state index in [4.69, 9.17) is 14.7 Å². The van der Waals surface area contributed by atoms with Gasteiger partial charge in [-0.05, 0) is 36.8 Å². The molecule has 2 aromatic carbocycles. The molecule has 3 aromatic rings.